The number of amidine groups is 1. The summed E-state index contributed by atoms with van der Waals surface area (Å²) in [7, 11) is 0. The van der Waals surface area contributed by atoms with Crippen molar-refractivity contribution < 1.29 is 0 Å². The van der Waals surface area contributed by atoms with Crippen LogP contribution in [0.2, 0.25) is 0 Å². The second kappa shape index (κ2) is 6.04. The van der Waals surface area contributed by atoms with E-state index in [-0.39, 0.29) is 0 Å². The van der Waals surface area contributed by atoms with E-state index in [1.165, 1.54) is 0 Å². The van der Waals surface area contributed by atoms with E-state index in [0.717, 1.165) is 18.8 Å². The van der Waals surface area contributed by atoms with E-state index in [1.807, 2.05) is 6.92 Å². The normalized spacial score (nSPS) is 15.0. The molecule has 0 aromatic heterocycles. The number of hydrogen-bond donors (Lipinski definition) is 1. The first-order valence-electron chi connectivity index (χ1n) is 4.83. The van der Waals surface area contributed by atoms with Crippen molar-refractivity contribution in [2.75, 3.05) is 6.54 Å². The van der Waals surface area contributed by atoms with E-state index >= 15 is 0 Å². The van der Waals surface area contributed by atoms with Crippen LogP contribution in [0.4, 0.5) is 0 Å². The SMILES string of the molecule is CCC(C)NC(C)=NCC(C)C. The van der Waals surface area contributed by atoms with Crippen LogP contribution < -0.4 is 5.32 Å². The van der Waals surface area contributed by atoms with Gasteiger partial charge in [0.25, 0.3) is 0 Å². The summed E-state index contributed by atoms with van der Waals surface area (Å²) in [5.74, 6) is 1.72. The molecule has 0 aliphatic heterocycles. The number of hydrogen-bond acceptors (Lipinski definition) is 1. The molecular weight excluding hydrogens is 148 g/mol. The average molecular weight is 170 g/mol. The summed E-state index contributed by atoms with van der Waals surface area (Å²) in [6.45, 7) is 11.7. The molecule has 0 aromatic rings. The molecule has 72 valence electrons. The van der Waals surface area contributed by atoms with Gasteiger partial charge in [-0.3, -0.25) is 4.99 Å². The fourth-order valence-electron chi connectivity index (χ4n) is 0.824. The summed E-state index contributed by atoms with van der Waals surface area (Å²) in [4.78, 5) is 4.42. The van der Waals surface area contributed by atoms with Crippen LogP contribution in [0.3, 0.4) is 0 Å². The number of aliphatic imine (C=N–C) groups is 1. The molecule has 12 heavy (non-hydrogen) atoms. The van der Waals surface area contributed by atoms with Gasteiger partial charge in [-0.15, -0.1) is 0 Å². The number of rotatable bonds is 4. The Labute approximate surface area is 76.5 Å². The zero-order chi connectivity index (χ0) is 9.56. The van der Waals surface area contributed by atoms with Gasteiger partial charge in [-0.05, 0) is 26.2 Å². The van der Waals surface area contributed by atoms with Crippen LogP contribution in [-0.4, -0.2) is 18.4 Å². The molecule has 1 atom stereocenters. The molecule has 0 saturated carbocycles. The van der Waals surface area contributed by atoms with Crippen LogP contribution in [0.5, 0.6) is 0 Å². The highest BCUT2D eigenvalue weighted by molar-refractivity contribution is 5.79. The number of nitrogens with zero attached hydrogens (tertiary/aromatic N) is 1. The minimum atomic E-state index is 0.543. The van der Waals surface area contributed by atoms with E-state index < -0.39 is 0 Å². The molecule has 0 rings (SSSR count). The Balaban J connectivity index is 3.69. The minimum Gasteiger partial charge on any atom is -0.372 e. The molecule has 2 heteroatoms. The smallest absolute Gasteiger partial charge is 0.0933 e. The monoisotopic (exact) mass is 170 g/mol. The highest BCUT2D eigenvalue weighted by Crippen LogP contribution is 1.93. The second-order valence-corrected chi connectivity index (χ2v) is 3.77. The fraction of sp³-hybridized carbons (Fsp3) is 0.900. The van der Waals surface area contributed by atoms with Crippen LogP contribution in [0.1, 0.15) is 41.0 Å². The zero-order valence-corrected chi connectivity index (χ0v) is 9.02. The van der Waals surface area contributed by atoms with Crippen molar-refractivity contribution in [2.45, 2.75) is 47.1 Å². The van der Waals surface area contributed by atoms with Crippen molar-refractivity contribution in [3.63, 3.8) is 0 Å². The van der Waals surface area contributed by atoms with Gasteiger partial charge >= 0.3 is 0 Å². The first-order valence-corrected chi connectivity index (χ1v) is 4.83. The lowest BCUT2D eigenvalue weighted by molar-refractivity contribution is 0.626. The van der Waals surface area contributed by atoms with Crippen LogP contribution >= 0.6 is 0 Å². The molecule has 2 nitrogen and oxygen atoms in total. The summed E-state index contributed by atoms with van der Waals surface area (Å²) in [5, 5.41) is 3.33. The van der Waals surface area contributed by atoms with Crippen LogP contribution in [-0.2, 0) is 0 Å². The van der Waals surface area contributed by atoms with Crippen molar-refractivity contribution >= 4 is 5.84 Å². The quantitative estimate of drug-likeness (QED) is 0.508. The zero-order valence-electron chi connectivity index (χ0n) is 9.02. The highest BCUT2D eigenvalue weighted by Gasteiger charge is 1.97. The van der Waals surface area contributed by atoms with E-state index in [2.05, 4.69) is 38.0 Å². The van der Waals surface area contributed by atoms with Crippen LogP contribution in [0.15, 0.2) is 4.99 Å². The molecule has 0 heterocycles. The summed E-state index contributed by atoms with van der Waals surface area (Å²) < 4.78 is 0. The van der Waals surface area contributed by atoms with Crippen LogP contribution in [0.25, 0.3) is 0 Å². The van der Waals surface area contributed by atoms with Gasteiger partial charge < -0.3 is 5.32 Å². The van der Waals surface area contributed by atoms with Gasteiger partial charge in [-0.25, -0.2) is 0 Å². The van der Waals surface area contributed by atoms with E-state index in [1.54, 1.807) is 0 Å². The predicted octanol–water partition coefficient (Wildman–Crippen LogP) is 2.45. The Morgan fingerprint density at radius 1 is 1.33 bits per heavy atom. The minimum absolute atomic E-state index is 0.543. The first-order chi connectivity index (χ1) is 5.56. The fourth-order valence-corrected chi connectivity index (χ4v) is 0.824. The third kappa shape index (κ3) is 6.20. The summed E-state index contributed by atoms with van der Waals surface area (Å²) in [6.07, 6.45) is 1.15. The Morgan fingerprint density at radius 2 is 1.92 bits per heavy atom. The van der Waals surface area contributed by atoms with Gasteiger partial charge in [0.1, 0.15) is 0 Å². The molecule has 1 N–H and O–H groups in total. The van der Waals surface area contributed by atoms with E-state index in [9.17, 15) is 0 Å². The van der Waals surface area contributed by atoms with Gasteiger partial charge in [-0.1, -0.05) is 20.8 Å². The average Bonchev–Trinajstić information content (AvgIpc) is 2.00. The van der Waals surface area contributed by atoms with Crippen molar-refractivity contribution in [2.24, 2.45) is 10.9 Å². The molecule has 0 aromatic carbocycles. The Bertz CT molecular complexity index is 139. The molecule has 0 amide bonds. The Hall–Kier alpha value is -0.530. The first kappa shape index (κ1) is 11.5. The van der Waals surface area contributed by atoms with E-state index in [0.29, 0.717) is 12.0 Å². The molecule has 0 aliphatic carbocycles. The van der Waals surface area contributed by atoms with Gasteiger partial charge in [0.2, 0.25) is 0 Å². The molecule has 1 unspecified atom stereocenters. The van der Waals surface area contributed by atoms with Gasteiger partial charge in [0.15, 0.2) is 0 Å². The lowest BCUT2D eigenvalue weighted by Gasteiger charge is -2.12. The van der Waals surface area contributed by atoms with Gasteiger partial charge in [-0.2, -0.15) is 0 Å². The standard InChI is InChI=1S/C10H22N2/c1-6-9(4)12-10(5)11-7-8(2)3/h8-9H,6-7H2,1-5H3,(H,11,12). The van der Waals surface area contributed by atoms with Crippen LogP contribution in [0, 0.1) is 5.92 Å². The Kier molecular flexibility index (Phi) is 5.77. The topological polar surface area (TPSA) is 24.4 Å². The second-order valence-electron chi connectivity index (χ2n) is 3.77. The maximum Gasteiger partial charge on any atom is 0.0933 e. The lowest BCUT2D eigenvalue weighted by atomic mass is 10.2. The largest absolute Gasteiger partial charge is 0.372 e. The maximum atomic E-state index is 4.42. The lowest BCUT2D eigenvalue weighted by Crippen LogP contribution is -2.30. The van der Waals surface area contributed by atoms with Crippen molar-refractivity contribution in [1.82, 2.24) is 5.32 Å². The molecule has 0 aliphatic rings. The third-order valence-electron chi connectivity index (χ3n) is 1.76. The Morgan fingerprint density at radius 3 is 2.33 bits per heavy atom. The summed E-state index contributed by atoms with van der Waals surface area (Å²) in [6, 6.07) is 0.543. The summed E-state index contributed by atoms with van der Waals surface area (Å²) in [5.41, 5.74) is 0. The maximum absolute atomic E-state index is 4.42. The van der Waals surface area contributed by atoms with E-state index in [4.69, 9.17) is 0 Å². The molecular formula is C10H22N2. The van der Waals surface area contributed by atoms with Crippen molar-refractivity contribution in [3.8, 4) is 0 Å². The highest BCUT2D eigenvalue weighted by atomic mass is 15.0. The summed E-state index contributed by atoms with van der Waals surface area (Å²) >= 11 is 0. The number of nitrogens with one attached hydrogen (secondary N) is 1. The predicted molar refractivity (Wildman–Crippen MR) is 55.7 cm³/mol. The molecule has 0 bridgehead atoms. The molecule has 0 fully saturated rings. The van der Waals surface area contributed by atoms with Crippen molar-refractivity contribution in [1.29, 1.82) is 0 Å². The van der Waals surface area contributed by atoms with Gasteiger partial charge in [0, 0.05) is 12.6 Å². The molecule has 0 radical (unpaired) electrons. The van der Waals surface area contributed by atoms with Crippen molar-refractivity contribution in [3.05, 3.63) is 0 Å². The molecule has 0 spiro atoms. The third-order valence-corrected chi connectivity index (χ3v) is 1.76. The molecule has 0 saturated heterocycles. The van der Waals surface area contributed by atoms with Gasteiger partial charge in [0.05, 0.1) is 5.84 Å².